The van der Waals surface area contributed by atoms with E-state index in [4.69, 9.17) is 0 Å². The van der Waals surface area contributed by atoms with Gasteiger partial charge in [0.2, 0.25) is 0 Å². The summed E-state index contributed by atoms with van der Waals surface area (Å²) < 4.78 is 4.63. The topological polar surface area (TPSA) is 43.4 Å². The van der Waals surface area contributed by atoms with Gasteiger partial charge in [-0.05, 0) is 0 Å². The lowest BCUT2D eigenvalue weighted by Gasteiger charge is -1.96. The summed E-state index contributed by atoms with van der Waals surface area (Å²) in [5.74, 6) is 0.389. The van der Waals surface area contributed by atoms with Crippen molar-refractivity contribution < 1.29 is 14.3 Å². The number of methoxy groups -OCH3 is 1. The highest BCUT2D eigenvalue weighted by atomic mass is 16.5. The van der Waals surface area contributed by atoms with Crippen LogP contribution in [0.5, 0.6) is 0 Å². The average molecular weight is 128 g/mol. The van der Waals surface area contributed by atoms with Crippen molar-refractivity contribution in [2.75, 3.05) is 7.11 Å². The zero-order valence-corrected chi connectivity index (χ0v) is 5.16. The quantitative estimate of drug-likeness (QED) is 0.311. The Bertz CT molecular complexity index is 126. The van der Waals surface area contributed by atoms with Crippen LogP contribution in [0.4, 0.5) is 0 Å². The first-order valence-electron chi connectivity index (χ1n) is 2.47. The van der Waals surface area contributed by atoms with Crippen molar-refractivity contribution in [1.29, 1.82) is 0 Å². The second kappa shape index (κ2) is 5.03. The molecule has 0 radical (unpaired) electrons. The molecular weight excluding hydrogens is 120 g/mol. The summed E-state index contributed by atoms with van der Waals surface area (Å²) in [6, 6.07) is 0. The Hall–Kier alpha value is -1.12. The average Bonchev–Trinajstić information content (AvgIpc) is 1.88. The number of hydrogen-bond acceptors (Lipinski definition) is 3. The summed E-state index contributed by atoms with van der Waals surface area (Å²) in [6.45, 7) is 0. The minimum atomic E-state index is 0.162. The second-order valence-electron chi connectivity index (χ2n) is 1.34. The molecule has 0 saturated heterocycles. The number of allylic oxidation sites excluding steroid dienone is 2. The van der Waals surface area contributed by atoms with Crippen LogP contribution in [0.2, 0.25) is 0 Å². The van der Waals surface area contributed by atoms with Crippen molar-refractivity contribution in [2.24, 2.45) is 0 Å². The number of aldehydes is 2. The molecule has 0 rings (SSSR count). The van der Waals surface area contributed by atoms with Crippen molar-refractivity contribution in [1.82, 2.24) is 0 Å². The van der Waals surface area contributed by atoms with Gasteiger partial charge in [0.25, 0.3) is 0 Å². The fourth-order valence-electron chi connectivity index (χ4n) is 0.377. The third kappa shape index (κ3) is 3.46. The molecule has 3 nitrogen and oxygen atoms in total. The zero-order chi connectivity index (χ0) is 7.11. The van der Waals surface area contributed by atoms with Gasteiger partial charge in [-0.25, -0.2) is 0 Å². The molecule has 9 heavy (non-hydrogen) atoms. The fourth-order valence-corrected chi connectivity index (χ4v) is 0.377. The monoisotopic (exact) mass is 128 g/mol. The molecule has 0 unspecified atom stereocenters. The van der Waals surface area contributed by atoms with Crippen molar-refractivity contribution in [3.63, 3.8) is 0 Å². The maximum Gasteiger partial charge on any atom is 0.146 e. The normalized spacial score (nSPS) is 10.6. The molecule has 0 spiro atoms. The van der Waals surface area contributed by atoms with Gasteiger partial charge in [-0.1, -0.05) is 0 Å². The lowest BCUT2D eigenvalue weighted by atomic mass is 10.4. The smallest absolute Gasteiger partial charge is 0.146 e. The summed E-state index contributed by atoms with van der Waals surface area (Å²) in [5, 5.41) is 0. The molecule has 50 valence electrons. The van der Waals surface area contributed by atoms with E-state index in [9.17, 15) is 9.59 Å². The van der Waals surface area contributed by atoms with Gasteiger partial charge in [0, 0.05) is 6.08 Å². The number of hydrogen-bond donors (Lipinski definition) is 0. The second-order valence-corrected chi connectivity index (χ2v) is 1.34. The molecule has 0 aliphatic carbocycles. The first-order valence-corrected chi connectivity index (χ1v) is 2.47. The van der Waals surface area contributed by atoms with Gasteiger partial charge in [-0.15, -0.1) is 0 Å². The summed E-state index contributed by atoms with van der Waals surface area (Å²) in [6.07, 6.45) is 2.64. The van der Waals surface area contributed by atoms with Crippen molar-refractivity contribution >= 4 is 12.6 Å². The van der Waals surface area contributed by atoms with E-state index in [-0.39, 0.29) is 6.42 Å². The molecule has 0 aromatic heterocycles. The number of ether oxygens (including phenoxy) is 1. The first kappa shape index (κ1) is 7.88. The van der Waals surface area contributed by atoms with Gasteiger partial charge >= 0.3 is 0 Å². The van der Waals surface area contributed by atoms with Gasteiger partial charge in [0.1, 0.15) is 18.3 Å². The minimum absolute atomic E-state index is 0.162. The Balaban J connectivity index is 3.79. The van der Waals surface area contributed by atoms with Gasteiger partial charge in [0.15, 0.2) is 0 Å². The van der Waals surface area contributed by atoms with E-state index < -0.39 is 0 Å². The van der Waals surface area contributed by atoms with Crippen LogP contribution < -0.4 is 0 Å². The van der Waals surface area contributed by atoms with E-state index in [1.54, 1.807) is 0 Å². The predicted molar refractivity (Wildman–Crippen MR) is 31.8 cm³/mol. The third-order valence-electron chi connectivity index (χ3n) is 0.801. The molecular formula is C6H8O3. The van der Waals surface area contributed by atoms with Gasteiger partial charge in [0.05, 0.1) is 13.5 Å². The summed E-state index contributed by atoms with van der Waals surface area (Å²) >= 11 is 0. The fraction of sp³-hybridized carbons (Fsp3) is 0.333. The first-order chi connectivity index (χ1) is 4.35. The number of carbonyl (C=O) groups is 2. The van der Waals surface area contributed by atoms with Crippen molar-refractivity contribution in [3.05, 3.63) is 11.8 Å². The van der Waals surface area contributed by atoms with Crippen LogP contribution in [-0.2, 0) is 14.3 Å². The van der Waals surface area contributed by atoms with Crippen LogP contribution in [0, 0.1) is 0 Å². The largest absolute Gasteiger partial charge is 0.501 e. The maximum absolute atomic E-state index is 9.81. The van der Waals surface area contributed by atoms with Crippen LogP contribution in [0.3, 0.4) is 0 Å². The molecule has 0 atom stereocenters. The highest BCUT2D eigenvalue weighted by Crippen LogP contribution is 1.95. The van der Waals surface area contributed by atoms with Gasteiger partial charge in [-0.3, -0.25) is 4.79 Å². The van der Waals surface area contributed by atoms with Crippen LogP contribution in [0.15, 0.2) is 11.8 Å². The number of rotatable bonds is 4. The standard InChI is InChI=1S/C6H8O3/c1-9-6(2-4-7)3-5-8/h2,4-5H,3H2,1H3/b6-2+. The highest BCUT2D eigenvalue weighted by molar-refractivity contribution is 5.67. The Morgan fingerprint density at radius 1 is 1.56 bits per heavy atom. The molecule has 0 aliphatic heterocycles. The minimum Gasteiger partial charge on any atom is -0.501 e. The highest BCUT2D eigenvalue weighted by Gasteiger charge is 1.90. The van der Waals surface area contributed by atoms with E-state index in [2.05, 4.69) is 4.74 Å². The molecule has 0 amide bonds. The van der Waals surface area contributed by atoms with Crippen LogP contribution in [0.1, 0.15) is 6.42 Å². The Morgan fingerprint density at radius 2 is 2.22 bits per heavy atom. The van der Waals surface area contributed by atoms with E-state index in [0.29, 0.717) is 18.3 Å². The van der Waals surface area contributed by atoms with E-state index in [1.807, 2.05) is 0 Å². The summed E-state index contributed by atoms with van der Waals surface area (Å²) in [7, 11) is 1.42. The molecule has 0 bridgehead atoms. The van der Waals surface area contributed by atoms with Crippen molar-refractivity contribution in [2.45, 2.75) is 6.42 Å². The van der Waals surface area contributed by atoms with Gasteiger partial charge in [-0.2, -0.15) is 0 Å². The summed E-state index contributed by atoms with van der Waals surface area (Å²) in [5.41, 5.74) is 0. The molecule has 3 heteroatoms. The van der Waals surface area contributed by atoms with E-state index >= 15 is 0 Å². The number of carbonyl (C=O) groups excluding carboxylic acids is 2. The molecule has 0 aliphatic rings. The lowest BCUT2D eigenvalue weighted by molar-refractivity contribution is -0.107. The van der Waals surface area contributed by atoms with Gasteiger partial charge < -0.3 is 9.53 Å². The van der Waals surface area contributed by atoms with Crippen molar-refractivity contribution in [3.8, 4) is 0 Å². The Labute approximate surface area is 53.3 Å². The summed E-state index contributed by atoms with van der Waals surface area (Å²) in [4.78, 5) is 19.6. The van der Waals surface area contributed by atoms with Crippen LogP contribution in [-0.4, -0.2) is 19.7 Å². The molecule has 0 saturated carbocycles. The molecule has 0 heterocycles. The Morgan fingerprint density at radius 3 is 2.56 bits per heavy atom. The van der Waals surface area contributed by atoms with E-state index in [0.717, 1.165) is 0 Å². The molecule has 0 N–H and O–H groups in total. The van der Waals surface area contributed by atoms with Crippen LogP contribution >= 0.6 is 0 Å². The lowest BCUT2D eigenvalue weighted by Crippen LogP contribution is -1.87. The molecule has 0 fully saturated rings. The third-order valence-corrected chi connectivity index (χ3v) is 0.801. The molecule has 0 aromatic carbocycles. The Kier molecular flexibility index (Phi) is 4.40. The van der Waals surface area contributed by atoms with E-state index in [1.165, 1.54) is 13.2 Å². The maximum atomic E-state index is 9.81. The van der Waals surface area contributed by atoms with Crippen LogP contribution in [0.25, 0.3) is 0 Å². The molecule has 0 aromatic rings. The predicted octanol–water partition coefficient (Wildman–Crippen LogP) is 0.305. The SMILES string of the molecule is CO/C(=C/C=O)CC=O. The zero-order valence-electron chi connectivity index (χ0n) is 5.16.